The number of nitrogens with one attached hydrogen (secondary N) is 1. The molecule has 1 N–H and O–H groups in total. The topological polar surface area (TPSA) is 29.1 Å². The van der Waals surface area contributed by atoms with Crippen LogP contribution >= 0.6 is 11.6 Å². The van der Waals surface area contributed by atoms with E-state index in [2.05, 4.69) is 29.6 Å². The van der Waals surface area contributed by atoms with Gasteiger partial charge in [0, 0.05) is 11.6 Å². The molecule has 0 spiro atoms. The third-order valence-electron chi connectivity index (χ3n) is 3.56. The number of carbonyl (C=O) groups excluding carboxylic acids is 1. The Labute approximate surface area is 134 Å². The normalized spacial score (nSPS) is 10.6. The number of hydrogen-bond acceptors (Lipinski definition) is 1. The van der Waals surface area contributed by atoms with E-state index >= 15 is 0 Å². The van der Waals surface area contributed by atoms with Crippen LogP contribution in [-0.2, 0) is 17.8 Å². The summed E-state index contributed by atoms with van der Waals surface area (Å²) in [5, 5.41) is 5.99. The van der Waals surface area contributed by atoms with Crippen LogP contribution in [0.15, 0.2) is 66.7 Å². The molecule has 0 aliphatic heterocycles. The molecule has 0 bridgehead atoms. The third-order valence-corrected chi connectivity index (χ3v) is 3.79. The van der Waals surface area contributed by atoms with Crippen molar-refractivity contribution in [2.24, 2.45) is 0 Å². The van der Waals surface area contributed by atoms with Gasteiger partial charge < -0.3 is 5.32 Å². The van der Waals surface area contributed by atoms with E-state index in [1.54, 1.807) is 6.07 Å². The van der Waals surface area contributed by atoms with Crippen molar-refractivity contribution in [1.29, 1.82) is 0 Å². The molecule has 0 aliphatic rings. The number of amides is 1. The van der Waals surface area contributed by atoms with Gasteiger partial charge in [-0.15, -0.1) is 0 Å². The predicted molar refractivity (Wildman–Crippen MR) is 91.0 cm³/mol. The molecule has 22 heavy (non-hydrogen) atoms. The number of hydrogen-bond donors (Lipinski definition) is 1. The second-order valence-corrected chi connectivity index (χ2v) is 5.70. The van der Waals surface area contributed by atoms with Crippen LogP contribution in [0.3, 0.4) is 0 Å². The molecule has 0 heterocycles. The van der Waals surface area contributed by atoms with Crippen molar-refractivity contribution in [3.8, 4) is 0 Å². The van der Waals surface area contributed by atoms with Crippen LogP contribution in [0.4, 0.5) is 0 Å². The monoisotopic (exact) mass is 309 g/mol. The maximum Gasteiger partial charge on any atom is 0.224 e. The van der Waals surface area contributed by atoms with Crippen LogP contribution in [0.5, 0.6) is 0 Å². The highest BCUT2D eigenvalue weighted by Gasteiger charge is 2.04. The lowest BCUT2D eigenvalue weighted by Gasteiger charge is -2.07. The maximum atomic E-state index is 12.0. The molecular formula is C19H16ClNO. The first-order valence-corrected chi connectivity index (χ1v) is 7.57. The minimum atomic E-state index is -0.00424. The highest BCUT2D eigenvalue weighted by atomic mass is 35.5. The first kappa shape index (κ1) is 14.6. The zero-order chi connectivity index (χ0) is 15.4. The molecule has 0 atom stereocenters. The number of carbonyl (C=O) groups is 1. The summed E-state index contributed by atoms with van der Waals surface area (Å²) in [6.07, 6.45) is 0.341. The van der Waals surface area contributed by atoms with Gasteiger partial charge in [0.1, 0.15) is 0 Å². The van der Waals surface area contributed by atoms with Gasteiger partial charge in [0.05, 0.1) is 6.42 Å². The summed E-state index contributed by atoms with van der Waals surface area (Å²) in [5.41, 5.74) is 2.02. The maximum absolute atomic E-state index is 12.0. The highest BCUT2D eigenvalue weighted by molar-refractivity contribution is 6.30. The Morgan fingerprint density at radius 2 is 1.68 bits per heavy atom. The molecule has 0 aromatic heterocycles. The van der Waals surface area contributed by atoms with E-state index in [0.717, 1.165) is 11.1 Å². The molecule has 3 rings (SSSR count). The summed E-state index contributed by atoms with van der Waals surface area (Å²) in [6.45, 7) is 0.532. The van der Waals surface area contributed by atoms with E-state index in [0.29, 0.717) is 18.0 Å². The van der Waals surface area contributed by atoms with Crippen LogP contribution in [0.25, 0.3) is 10.8 Å². The second kappa shape index (κ2) is 6.63. The van der Waals surface area contributed by atoms with E-state index in [9.17, 15) is 4.79 Å². The van der Waals surface area contributed by atoms with Crippen LogP contribution in [0.2, 0.25) is 5.02 Å². The molecule has 0 radical (unpaired) electrons. The average molecular weight is 310 g/mol. The summed E-state index contributed by atoms with van der Waals surface area (Å²) in [6, 6.07) is 21.8. The standard InChI is InChI=1S/C19H16ClNO/c20-18-7-3-4-14(11-18)12-19(22)21-13-15-8-9-16-5-1-2-6-17(16)10-15/h1-11H,12-13H2,(H,21,22). The van der Waals surface area contributed by atoms with Crippen molar-refractivity contribution in [2.45, 2.75) is 13.0 Å². The summed E-state index contributed by atoms with van der Waals surface area (Å²) >= 11 is 5.93. The summed E-state index contributed by atoms with van der Waals surface area (Å²) < 4.78 is 0. The fraction of sp³-hybridized carbons (Fsp3) is 0.105. The molecule has 3 aromatic carbocycles. The van der Waals surface area contributed by atoms with Gasteiger partial charge in [-0.3, -0.25) is 4.79 Å². The Morgan fingerprint density at radius 3 is 2.50 bits per heavy atom. The van der Waals surface area contributed by atoms with Crippen molar-refractivity contribution >= 4 is 28.3 Å². The fourth-order valence-electron chi connectivity index (χ4n) is 2.44. The molecule has 0 unspecified atom stereocenters. The molecule has 0 fully saturated rings. The van der Waals surface area contributed by atoms with Crippen LogP contribution in [0.1, 0.15) is 11.1 Å². The Balaban J connectivity index is 1.62. The minimum absolute atomic E-state index is 0.00424. The van der Waals surface area contributed by atoms with Gasteiger partial charge in [-0.25, -0.2) is 0 Å². The largest absolute Gasteiger partial charge is 0.352 e. The lowest BCUT2D eigenvalue weighted by atomic mass is 10.1. The molecular weight excluding hydrogens is 294 g/mol. The van der Waals surface area contributed by atoms with Crippen LogP contribution < -0.4 is 5.32 Å². The van der Waals surface area contributed by atoms with Gasteiger partial charge in [0.15, 0.2) is 0 Å². The summed E-state index contributed by atoms with van der Waals surface area (Å²) in [4.78, 5) is 12.0. The SMILES string of the molecule is O=C(Cc1cccc(Cl)c1)NCc1ccc2ccccc2c1. The molecule has 0 aliphatic carbocycles. The highest BCUT2D eigenvalue weighted by Crippen LogP contribution is 2.15. The average Bonchev–Trinajstić information content (AvgIpc) is 2.53. The Bertz CT molecular complexity index is 813. The fourth-order valence-corrected chi connectivity index (χ4v) is 2.66. The second-order valence-electron chi connectivity index (χ2n) is 5.26. The third kappa shape index (κ3) is 3.66. The minimum Gasteiger partial charge on any atom is -0.352 e. The molecule has 3 aromatic rings. The zero-order valence-corrected chi connectivity index (χ0v) is 12.8. The van der Waals surface area contributed by atoms with E-state index in [4.69, 9.17) is 11.6 Å². The number of benzene rings is 3. The van der Waals surface area contributed by atoms with Crippen molar-refractivity contribution in [3.05, 3.63) is 82.9 Å². The molecule has 0 saturated carbocycles. The van der Waals surface area contributed by atoms with E-state index in [1.807, 2.05) is 36.4 Å². The zero-order valence-electron chi connectivity index (χ0n) is 12.1. The summed E-state index contributed by atoms with van der Waals surface area (Å²) in [5.74, 6) is -0.00424. The van der Waals surface area contributed by atoms with E-state index < -0.39 is 0 Å². The van der Waals surface area contributed by atoms with Gasteiger partial charge >= 0.3 is 0 Å². The molecule has 110 valence electrons. The first-order valence-electron chi connectivity index (χ1n) is 7.19. The van der Waals surface area contributed by atoms with Gasteiger partial charge in [0.2, 0.25) is 5.91 Å². The van der Waals surface area contributed by atoms with Crippen LogP contribution in [-0.4, -0.2) is 5.91 Å². The smallest absolute Gasteiger partial charge is 0.224 e. The Hall–Kier alpha value is -2.32. The Kier molecular flexibility index (Phi) is 4.40. The van der Waals surface area contributed by atoms with Gasteiger partial charge in [-0.2, -0.15) is 0 Å². The molecule has 0 saturated heterocycles. The number of fused-ring (bicyclic) bond motifs is 1. The molecule has 3 heteroatoms. The van der Waals surface area contributed by atoms with E-state index in [-0.39, 0.29) is 5.91 Å². The quantitative estimate of drug-likeness (QED) is 0.762. The first-order chi connectivity index (χ1) is 10.7. The predicted octanol–water partition coefficient (Wildman–Crippen LogP) is 4.35. The van der Waals surface area contributed by atoms with Crippen molar-refractivity contribution < 1.29 is 4.79 Å². The van der Waals surface area contributed by atoms with Gasteiger partial charge in [-0.1, -0.05) is 60.1 Å². The molecule has 2 nitrogen and oxygen atoms in total. The molecule has 1 amide bonds. The van der Waals surface area contributed by atoms with Crippen molar-refractivity contribution in [2.75, 3.05) is 0 Å². The van der Waals surface area contributed by atoms with Gasteiger partial charge in [0.25, 0.3) is 0 Å². The van der Waals surface area contributed by atoms with Crippen LogP contribution in [0, 0.1) is 0 Å². The number of rotatable bonds is 4. The number of halogens is 1. The summed E-state index contributed by atoms with van der Waals surface area (Å²) in [7, 11) is 0. The van der Waals surface area contributed by atoms with Gasteiger partial charge in [-0.05, 0) is 40.1 Å². The lowest BCUT2D eigenvalue weighted by molar-refractivity contribution is -0.120. The van der Waals surface area contributed by atoms with Crippen molar-refractivity contribution in [3.63, 3.8) is 0 Å². The van der Waals surface area contributed by atoms with Crippen molar-refractivity contribution in [1.82, 2.24) is 5.32 Å². The van der Waals surface area contributed by atoms with E-state index in [1.165, 1.54) is 10.8 Å². The Morgan fingerprint density at radius 1 is 0.864 bits per heavy atom. The lowest BCUT2D eigenvalue weighted by Crippen LogP contribution is -2.24.